The summed E-state index contributed by atoms with van der Waals surface area (Å²) in [7, 11) is -2.31. The maximum atomic E-state index is 12.0. The summed E-state index contributed by atoms with van der Waals surface area (Å²) in [6.07, 6.45) is -4.38. The Kier molecular flexibility index (Phi) is 2.91. The van der Waals surface area contributed by atoms with E-state index in [1.54, 1.807) is 0 Å². The van der Waals surface area contributed by atoms with Gasteiger partial charge in [-0.25, -0.2) is 0 Å². The van der Waals surface area contributed by atoms with Crippen LogP contribution in [0.1, 0.15) is 5.56 Å². The smallest absolute Gasteiger partial charge is 0.347 e. The van der Waals surface area contributed by atoms with Crippen molar-refractivity contribution in [2.45, 2.75) is 6.18 Å². The molecule has 0 atom stereocenters. The molecule has 0 amide bonds. The summed E-state index contributed by atoms with van der Waals surface area (Å²) in [6, 6.07) is 3.73. The molecule has 0 aliphatic rings. The first-order valence-electron chi connectivity index (χ1n) is 3.26. The molecule has 0 bridgehead atoms. The fraction of sp³-hybridized carbons (Fsp3) is 0.143. The number of alkyl halides is 3. The average Bonchev–Trinajstić information content (AvgIpc) is 2.03. The first kappa shape index (κ1) is 10.4. The van der Waals surface area contributed by atoms with Gasteiger partial charge in [0, 0.05) is 5.30 Å². The van der Waals surface area contributed by atoms with Gasteiger partial charge in [0.1, 0.15) is 0 Å². The molecule has 1 aromatic rings. The lowest BCUT2D eigenvalue weighted by atomic mass is 10.2. The van der Waals surface area contributed by atoms with Crippen molar-refractivity contribution in [3.63, 3.8) is 0 Å². The van der Waals surface area contributed by atoms with Crippen molar-refractivity contribution in [2.24, 2.45) is 0 Å². The predicted octanol–water partition coefficient (Wildman–Crippen LogP) is 1.63. The highest BCUT2D eigenvalue weighted by Gasteiger charge is 2.30. The third-order valence-electron chi connectivity index (χ3n) is 1.43. The van der Waals surface area contributed by atoms with Gasteiger partial charge in [-0.3, -0.25) is 0 Å². The maximum absolute atomic E-state index is 12.0. The van der Waals surface area contributed by atoms with Crippen LogP contribution < -0.4 is 5.30 Å². The minimum atomic E-state index is -4.38. The van der Waals surface area contributed by atoms with Gasteiger partial charge in [0.05, 0.1) is 5.56 Å². The second-order valence-corrected chi connectivity index (χ2v) is 3.43. The van der Waals surface area contributed by atoms with Crippen LogP contribution in [-0.2, 0) is 6.18 Å². The molecule has 1 rings (SSSR count). The van der Waals surface area contributed by atoms with E-state index in [0.717, 1.165) is 24.3 Å². The Bertz CT molecular complexity index is 281. The number of halogens is 3. The van der Waals surface area contributed by atoms with Crippen molar-refractivity contribution in [1.29, 1.82) is 0 Å². The maximum Gasteiger partial charge on any atom is 0.416 e. The van der Waals surface area contributed by atoms with E-state index in [-0.39, 0.29) is 5.30 Å². The summed E-state index contributed by atoms with van der Waals surface area (Å²) in [5, 5.41) is 0.100. The Morgan fingerprint density at radius 3 is 1.77 bits per heavy atom. The van der Waals surface area contributed by atoms with E-state index in [1.807, 2.05) is 0 Å². The van der Waals surface area contributed by atoms with E-state index in [0.29, 0.717) is 0 Å². The van der Waals surface area contributed by atoms with E-state index in [4.69, 9.17) is 9.79 Å². The predicted molar refractivity (Wildman–Crippen MR) is 42.4 cm³/mol. The van der Waals surface area contributed by atoms with Crippen LogP contribution in [0.3, 0.4) is 0 Å². The summed E-state index contributed by atoms with van der Waals surface area (Å²) in [5.74, 6) is 0. The van der Waals surface area contributed by atoms with Crippen molar-refractivity contribution >= 4 is 13.7 Å². The standard InChI is InChI=1S/C7H6F3O2P/c8-7(9,10)5-1-3-6(4-2-5)13(11)12/h1-4,11-12H. The van der Waals surface area contributed by atoms with Gasteiger partial charge in [-0.1, -0.05) is 0 Å². The lowest BCUT2D eigenvalue weighted by Gasteiger charge is -2.07. The molecular weight excluding hydrogens is 204 g/mol. The number of hydrogen-bond acceptors (Lipinski definition) is 2. The van der Waals surface area contributed by atoms with Gasteiger partial charge in [-0.15, -0.1) is 0 Å². The van der Waals surface area contributed by atoms with Gasteiger partial charge in [0.15, 0.2) is 8.38 Å². The molecule has 6 heteroatoms. The number of hydrogen-bond donors (Lipinski definition) is 2. The van der Waals surface area contributed by atoms with Crippen LogP contribution in [-0.4, -0.2) is 9.79 Å². The molecule has 0 spiro atoms. The molecule has 2 N–H and O–H groups in total. The van der Waals surface area contributed by atoms with Gasteiger partial charge in [0.25, 0.3) is 0 Å². The van der Waals surface area contributed by atoms with Crippen LogP contribution in [0.4, 0.5) is 13.2 Å². The Labute approximate surface area is 73.6 Å². The third-order valence-corrected chi connectivity index (χ3v) is 2.19. The van der Waals surface area contributed by atoms with Gasteiger partial charge in [0.2, 0.25) is 0 Å². The molecule has 2 nitrogen and oxygen atoms in total. The molecule has 13 heavy (non-hydrogen) atoms. The monoisotopic (exact) mass is 210 g/mol. The zero-order valence-electron chi connectivity index (χ0n) is 6.28. The molecule has 0 aliphatic carbocycles. The highest BCUT2D eigenvalue weighted by atomic mass is 31.2. The number of benzene rings is 1. The summed E-state index contributed by atoms with van der Waals surface area (Å²) < 4.78 is 36.0. The summed E-state index contributed by atoms with van der Waals surface area (Å²) in [6.45, 7) is 0. The second kappa shape index (κ2) is 3.62. The molecule has 0 heterocycles. The van der Waals surface area contributed by atoms with E-state index >= 15 is 0 Å². The molecule has 0 aromatic heterocycles. The first-order valence-corrected chi connectivity index (χ1v) is 4.51. The van der Waals surface area contributed by atoms with Crippen LogP contribution >= 0.6 is 8.38 Å². The Hall–Kier alpha value is -0.640. The minimum Gasteiger partial charge on any atom is -0.347 e. The van der Waals surface area contributed by atoms with Crippen LogP contribution in [0.25, 0.3) is 0 Å². The van der Waals surface area contributed by atoms with Crippen molar-refractivity contribution in [2.75, 3.05) is 0 Å². The fourth-order valence-electron chi connectivity index (χ4n) is 0.784. The van der Waals surface area contributed by atoms with Crippen molar-refractivity contribution in [3.05, 3.63) is 29.8 Å². The molecular formula is C7H6F3O2P. The quantitative estimate of drug-likeness (QED) is 0.691. The molecule has 0 fully saturated rings. The van der Waals surface area contributed by atoms with Crippen molar-refractivity contribution in [1.82, 2.24) is 0 Å². The molecule has 0 saturated heterocycles. The van der Waals surface area contributed by atoms with E-state index in [9.17, 15) is 13.2 Å². The summed E-state index contributed by atoms with van der Waals surface area (Å²) in [5.41, 5.74) is -0.798. The van der Waals surface area contributed by atoms with Crippen molar-refractivity contribution < 1.29 is 23.0 Å². The fourth-order valence-corrected chi connectivity index (χ4v) is 1.20. The average molecular weight is 210 g/mol. The topological polar surface area (TPSA) is 40.5 Å². The molecule has 0 radical (unpaired) electrons. The molecule has 0 unspecified atom stereocenters. The van der Waals surface area contributed by atoms with Gasteiger partial charge >= 0.3 is 6.18 Å². The largest absolute Gasteiger partial charge is 0.416 e. The molecule has 0 aliphatic heterocycles. The SMILES string of the molecule is OP(O)c1ccc(C(F)(F)F)cc1. The molecule has 0 saturated carbocycles. The zero-order chi connectivity index (χ0) is 10.1. The second-order valence-electron chi connectivity index (χ2n) is 2.33. The van der Waals surface area contributed by atoms with Crippen LogP contribution in [0.5, 0.6) is 0 Å². The lowest BCUT2D eigenvalue weighted by molar-refractivity contribution is -0.137. The van der Waals surface area contributed by atoms with Crippen LogP contribution in [0.2, 0.25) is 0 Å². The first-order chi connectivity index (χ1) is 5.91. The minimum absolute atomic E-state index is 0.100. The summed E-state index contributed by atoms with van der Waals surface area (Å²) >= 11 is 0. The Balaban J connectivity index is 2.94. The van der Waals surface area contributed by atoms with Gasteiger partial charge in [-0.2, -0.15) is 13.2 Å². The third kappa shape index (κ3) is 2.66. The number of rotatable bonds is 1. The molecule has 72 valence electrons. The van der Waals surface area contributed by atoms with Crippen LogP contribution in [0, 0.1) is 0 Å². The van der Waals surface area contributed by atoms with E-state index in [1.165, 1.54) is 0 Å². The molecule has 1 aromatic carbocycles. The van der Waals surface area contributed by atoms with E-state index < -0.39 is 20.1 Å². The van der Waals surface area contributed by atoms with Crippen LogP contribution in [0.15, 0.2) is 24.3 Å². The highest BCUT2D eigenvalue weighted by molar-refractivity contribution is 7.54. The van der Waals surface area contributed by atoms with Gasteiger partial charge < -0.3 is 9.79 Å². The highest BCUT2D eigenvalue weighted by Crippen LogP contribution is 2.30. The zero-order valence-corrected chi connectivity index (χ0v) is 7.18. The summed E-state index contributed by atoms with van der Waals surface area (Å²) in [4.78, 5) is 17.3. The lowest BCUT2D eigenvalue weighted by Crippen LogP contribution is -2.07. The van der Waals surface area contributed by atoms with Gasteiger partial charge in [-0.05, 0) is 24.3 Å². The Morgan fingerprint density at radius 2 is 1.46 bits per heavy atom. The normalized spacial score (nSPS) is 12.2. The van der Waals surface area contributed by atoms with E-state index in [2.05, 4.69) is 0 Å². The Morgan fingerprint density at radius 1 is 1.00 bits per heavy atom. The van der Waals surface area contributed by atoms with Crippen molar-refractivity contribution in [3.8, 4) is 0 Å².